The van der Waals surface area contributed by atoms with Crippen LogP contribution >= 0.6 is 0 Å². The molecular formula is C23H36N2O4. The fourth-order valence-corrected chi connectivity index (χ4v) is 4.28. The van der Waals surface area contributed by atoms with Crippen molar-refractivity contribution in [3.05, 3.63) is 17.7 Å². The van der Waals surface area contributed by atoms with Crippen molar-refractivity contribution in [3.63, 3.8) is 0 Å². The zero-order valence-electron chi connectivity index (χ0n) is 18.4. The van der Waals surface area contributed by atoms with E-state index in [1.54, 1.807) is 7.11 Å². The first kappa shape index (κ1) is 21.8. The van der Waals surface area contributed by atoms with E-state index in [1.165, 1.54) is 5.56 Å². The predicted molar refractivity (Wildman–Crippen MR) is 114 cm³/mol. The Balaban J connectivity index is 1.65. The topological polar surface area (TPSA) is 51.2 Å². The lowest BCUT2D eigenvalue weighted by Crippen LogP contribution is -2.42. The van der Waals surface area contributed by atoms with Gasteiger partial charge in [-0.05, 0) is 49.8 Å². The first-order chi connectivity index (χ1) is 14.1. The molecule has 0 spiro atoms. The average molecular weight is 405 g/mol. The van der Waals surface area contributed by atoms with Crippen molar-refractivity contribution in [1.82, 2.24) is 9.80 Å². The van der Waals surface area contributed by atoms with Crippen LogP contribution in [0.25, 0.3) is 0 Å². The number of amides is 1. The molecule has 2 aliphatic heterocycles. The third-order valence-electron chi connectivity index (χ3n) is 6.11. The summed E-state index contributed by atoms with van der Waals surface area (Å²) in [6.45, 7) is 9.95. The van der Waals surface area contributed by atoms with Gasteiger partial charge in [-0.3, -0.25) is 9.69 Å². The first-order valence-corrected chi connectivity index (χ1v) is 11.1. The van der Waals surface area contributed by atoms with E-state index in [4.69, 9.17) is 14.2 Å². The molecule has 6 heteroatoms. The molecule has 1 fully saturated rings. The lowest BCUT2D eigenvalue weighted by atomic mass is 9.96. The number of ether oxygens (including phenoxy) is 3. The molecule has 0 aromatic heterocycles. The maximum atomic E-state index is 13.0. The Labute approximate surface area is 175 Å². The van der Waals surface area contributed by atoms with E-state index in [-0.39, 0.29) is 12.7 Å². The second kappa shape index (κ2) is 10.2. The van der Waals surface area contributed by atoms with Crippen LogP contribution in [-0.4, -0.2) is 61.8 Å². The number of carbonyl (C=O) groups is 1. The Morgan fingerprint density at radius 1 is 1.21 bits per heavy atom. The number of unbranched alkanes of at least 4 members (excludes halogenated alkanes) is 2. The number of hydrogen-bond acceptors (Lipinski definition) is 5. The van der Waals surface area contributed by atoms with Crippen molar-refractivity contribution in [2.24, 2.45) is 0 Å². The lowest BCUT2D eigenvalue weighted by Gasteiger charge is -2.27. The minimum Gasteiger partial charge on any atom is -0.493 e. The lowest BCUT2D eigenvalue weighted by molar-refractivity contribution is -0.132. The average Bonchev–Trinajstić information content (AvgIpc) is 3.34. The van der Waals surface area contributed by atoms with Gasteiger partial charge in [0.2, 0.25) is 18.4 Å². The van der Waals surface area contributed by atoms with Crippen LogP contribution in [0.5, 0.6) is 17.2 Å². The van der Waals surface area contributed by atoms with Gasteiger partial charge in [0.05, 0.1) is 13.7 Å². The van der Waals surface area contributed by atoms with Crippen molar-refractivity contribution in [2.45, 2.75) is 64.8 Å². The summed E-state index contributed by atoms with van der Waals surface area (Å²) in [5, 5.41) is 0. The molecule has 1 saturated heterocycles. The number of rotatable bonds is 10. The number of nitrogens with zero attached hydrogens (tertiary/aromatic N) is 2. The zero-order valence-corrected chi connectivity index (χ0v) is 18.4. The van der Waals surface area contributed by atoms with E-state index in [1.807, 2.05) is 0 Å². The molecule has 0 aliphatic carbocycles. The highest BCUT2D eigenvalue weighted by Crippen LogP contribution is 2.45. The van der Waals surface area contributed by atoms with Gasteiger partial charge < -0.3 is 19.1 Å². The molecule has 1 amide bonds. The summed E-state index contributed by atoms with van der Waals surface area (Å²) in [5.74, 6) is 2.80. The van der Waals surface area contributed by atoms with E-state index in [0.29, 0.717) is 24.3 Å². The molecule has 162 valence electrons. The van der Waals surface area contributed by atoms with E-state index < -0.39 is 0 Å². The standard InChI is InChI=1S/C23H36N2O4/c1-5-7-9-24(10-8-6-2)22(26)15-25-14-19(11-17(25)3)18-12-20(27-4)23-21(13-18)28-16-29-23/h12-13,17,19H,5-11,14-16H2,1-4H3/t17-,19+/m0/s1. The van der Waals surface area contributed by atoms with Gasteiger partial charge in [0.25, 0.3) is 0 Å². The zero-order chi connectivity index (χ0) is 20.8. The van der Waals surface area contributed by atoms with Gasteiger partial charge in [-0.15, -0.1) is 0 Å². The van der Waals surface area contributed by atoms with Crippen LogP contribution in [0.1, 0.15) is 64.4 Å². The maximum Gasteiger partial charge on any atom is 0.236 e. The van der Waals surface area contributed by atoms with Gasteiger partial charge >= 0.3 is 0 Å². The van der Waals surface area contributed by atoms with Gasteiger partial charge in [-0.25, -0.2) is 0 Å². The van der Waals surface area contributed by atoms with Gasteiger partial charge in [0.15, 0.2) is 11.5 Å². The fourth-order valence-electron chi connectivity index (χ4n) is 4.28. The largest absolute Gasteiger partial charge is 0.493 e. The van der Waals surface area contributed by atoms with E-state index in [9.17, 15) is 4.79 Å². The summed E-state index contributed by atoms with van der Waals surface area (Å²) in [4.78, 5) is 17.4. The monoisotopic (exact) mass is 404 g/mol. The predicted octanol–water partition coefficient (Wildman–Crippen LogP) is 4.03. The summed E-state index contributed by atoms with van der Waals surface area (Å²) < 4.78 is 16.6. The highest BCUT2D eigenvalue weighted by Gasteiger charge is 2.33. The molecule has 0 unspecified atom stereocenters. The quantitative estimate of drug-likeness (QED) is 0.589. The van der Waals surface area contributed by atoms with Crippen LogP contribution in [0.15, 0.2) is 12.1 Å². The number of carbonyl (C=O) groups excluding carboxylic acids is 1. The Morgan fingerprint density at radius 3 is 2.59 bits per heavy atom. The summed E-state index contributed by atoms with van der Waals surface area (Å²) in [6.07, 6.45) is 5.41. The van der Waals surface area contributed by atoms with E-state index in [2.05, 4.69) is 42.7 Å². The molecular weight excluding hydrogens is 368 g/mol. The normalized spacial score (nSPS) is 20.8. The second-order valence-corrected chi connectivity index (χ2v) is 8.26. The van der Waals surface area contributed by atoms with Gasteiger partial charge in [0, 0.05) is 25.7 Å². The Morgan fingerprint density at radius 2 is 1.93 bits per heavy atom. The molecule has 0 N–H and O–H groups in total. The van der Waals surface area contributed by atoms with Gasteiger partial charge in [-0.2, -0.15) is 0 Å². The van der Waals surface area contributed by atoms with E-state index in [0.717, 1.165) is 63.2 Å². The Kier molecular flexibility index (Phi) is 7.64. The summed E-state index contributed by atoms with van der Waals surface area (Å²) in [7, 11) is 1.66. The van der Waals surface area contributed by atoms with Crippen LogP contribution in [0, 0.1) is 0 Å². The van der Waals surface area contributed by atoms with Crippen molar-refractivity contribution < 1.29 is 19.0 Å². The molecule has 1 aromatic rings. The fraction of sp³-hybridized carbons (Fsp3) is 0.696. The van der Waals surface area contributed by atoms with E-state index >= 15 is 0 Å². The van der Waals surface area contributed by atoms with Crippen LogP contribution in [0.2, 0.25) is 0 Å². The third-order valence-corrected chi connectivity index (χ3v) is 6.11. The smallest absolute Gasteiger partial charge is 0.236 e. The number of methoxy groups -OCH3 is 1. The molecule has 29 heavy (non-hydrogen) atoms. The summed E-state index contributed by atoms with van der Waals surface area (Å²) >= 11 is 0. The van der Waals surface area contributed by atoms with Crippen LogP contribution in [0.4, 0.5) is 0 Å². The van der Waals surface area contributed by atoms with Gasteiger partial charge in [0.1, 0.15) is 0 Å². The molecule has 0 saturated carbocycles. The highest BCUT2D eigenvalue weighted by molar-refractivity contribution is 5.78. The molecule has 2 atom stereocenters. The molecule has 6 nitrogen and oxygen atoms in total. The van der Waals surface area contributed by atoms with Crippen LogP contribution < -0.4 is 14.2 Å². The third kappa shape index (κ3) is 5.16. The molecule has 2 heterocycles. The minimum atomic E-state index is 0.238. The number of benzene rings is 1. The second-order valence-electron chi connectivity index (χ2n) is 8.26. The SMILES string of the molecule is CCCCN(CCCC)C(=O)CN1C[C@H](c2cc(OC)c3c(c2)OCO3)C[C@@H]1C. The molecule has 1 aromatic carbocycles. The van der Waals surface area contributed by atoms with Gasteiger partial charge in [-0.1, -0.05) is 26.7 Å². The molecule has 2 aliphatic rings. The van der Waals surface area contributed by atoms with Crippen molar-refractivity contribution in [3.8, 4) is 17.2 Å². The van der Waals surface area contributed by atoms with Crippen molar-refractivity contribution in [1.29, 1.82) is 0 Å². The minimum absolute atomic E-state index is 0.238. The number of fused-ring (bicyclic) bond motifs is 1. The molecule has 3 rings (SSSR count). The maximum absolute atomic E-state index is 13.0. The highest BCUT2D eigenvalue weighted by atomic mass is 16.7. The number of likely N-dealkylation sites (tertiary alicyclic amines) is 1. The molecule has 0 bridgehead atoms. The van der Waals surface area contributed by atoms with Crippen molar-refractivity contribution >= 4 is 5.91 Å². The Bertz CT molecular complexity index is 686. The summed E-state index contributed by atoms with van der Waals surface area (Å²) in [5.41, 5.74) is 1.20. The first-order valence-electron chi connectivity index (χ1n) is 11.1. The van der Waals surface area contributed by atoms with Crippen LogP contribution in [-0.2, 0) is 4.79 Å². The number of hydrogen-bond donors (Lipinski definition) is 0. The van der Waals surface area contributed by atoms with Crippen LogP contribution in [0.3, 0.4) is 0 Å². The van der Waals surface area contributed by atoms with Crippen molar-refractivity contribution in [2.75, 3.05) is 40.1 Å². The molecule has 0 radical (unpaired) electrons. The summed E-state index contributed by atoms with van der Waals surface area (Å²) in [6, 6.07) is 4.51. The Hall–Kier alpha value is -1.95.